The fourth-order valence-electron chi connectivity index (χ4n) is 4.00. The molecule has 1 aliphatic heterocycles. The normalized spacial score (nSPS) is 21.4. The number of carbonyl (C=O) groups is 2. The quantitative estimate of drug-likeness (QED) is 0.782. The van der Waals surface area contributed by atoms with Crippen LogP contribution in [0, 0.1) is 0 Å². The first kappa shape index (κ1) is 19.6. The van der Waals surface area contributed by atoms with Gasteiger partial charge in [-0.1, -0.05) is 12.1 Å². The molecule has 1 heterocycles. The third-order valence-electron chi connectivity index (χ3n) is 5.55. The minimum Gasteiger partial charge on any atom is -0.465 e. The molecule has 1 fully saturated rings. The van der Waals surface area contributed by atoms with Crippen molar-refractivity contribution in [1.82, 2.24) is 0 Å². The summed E-state index contributed by atoms with van der Waals surface area (Å²) >= 11 is 0. The second kappa shape index (κ2) is 7.97. The molecule has 0 aromatic heterocycles. The van der Waals surface area contributed by atoms with Gasteiger partial charge in [-0.3, -0.25) is 9.59 Å². The third kappa shape index (κ3) is 3.91. The highest BCUT2D eigenvalue weighted by atomic mass is 16.7. The van der Waals surface area contributed by atoms with E-state index in [1.807, 2.05) is 31.2 Å². The number of hydrogen-bond acceptors (Lipinski definition) is 6. The van der Waals surface area contributed by atoms with Crippen molar-refractivity contribution in [3.63, 3.8) is 0 Å². The molecule has 1 saturated heterocycles. The van der Waals surface area contributed by atoms with Gasteiger partial charge in [-0.2, -0.15) is 0 Å². The van der Waals surface area contributed by atoms with Crippen molar-refractivity contribution in [3.05, 3.63) is 47.5 Å². The molecule has 1 aliphatic carbocycles. The van der Waals surface area contributed by atoms with E-state index in [2.05, 4.69) is 11.4 Å². The highest BCUT2D eigenvalue weighted by molar-refractivity contribution is 6.06. The summed E-state index contributed by atoms with van der Waals surface area (Å²) < 4.78 is 16.3. The highest BCUT2D eigenvalue weighted by Crippen LogP contribution is 2.41. The fraction of sp³-hybridized carbons (Fsp3) is 0.391. The zero-order valence-electron chi connectivity index (χ0n) is 16.7. The molecule has 0 saturated carbocycles. The van der Waals surface area contributed by atoms with Gasteiger partial charge in [0.1, 0.15) is 13.3 Å². The lowest BCUT2D eigenvalue weighted by molar-refractivity contribution is -0.161. The van der Waals surface area contributed by atoms with Crippen molar-refractivity contribution < 1.29 is 23.8 Å². The number of benzene rings is 2. The largest absolute Gasteiger partial charge is 0.465 e. The molecule has 2 aromatic carbocycles. The first-order chi connectivity index (χ1) is 14.0. The summed E-state index contributed by atoms with van der Waals surface area (Å²) in [7, 11) is 0. The Bertz CT molecular complexity index is 988. The number of allylic oxidation sites excluding steroid dienone is 1. The molecule has 2 aromatic rings. The van der Waals surface area contributed by atoms with E-state index in [1.54, 1.807) is 13.0 Å². The van der Waals surface area contributed by atoms with E-state index < -0.39 is 5.60 Å². The van der Waals surface area contributed by atoms with Crippen molar-refractivity contribution in [2.24, 2.45) is 0 Å². The van der Waals surface area contributed by atoms with Crippen molar-refractivity contribution >= 4 is 33.8 Å². The molecular weight excluding hydrogens is 370 g/mol. The van der Waals surface area contributed by atoms with Gasteiger partial charge in [0.25, 0.3) is 0 Å². The topological polar surface area (TPSA) is 73.9 Å². The Morgan fingerprint density at radius 3 is 2.93 bits per heavy atom. The number of hydrogen-bond donors (Lipinski definition) is 1. The van der Waals surface area contributed by atoms with E-state index in [-0.39, 0.29) is 25.1 Å². The molecule has 1 unspecified atom stereocenters. The molecule has 0 radical (unpaired) electrons. The number of carbonyl (C=O) groups excluding carboxylic acids is 2. The van der Waals surface area contributed by atoms with Crippen molar-refractivity contribution in [3.8, 4) is 0 Å². The highest BCUT2D eigenvalue weighted by Gasteiger charge is 2.36. The van der Waals surface area contributed by atoms with Gasteiger partial charge in [0.15, 0.2) is 5.78 Å². The second-order valence-electron chi connectivity index (χ2n) is 7.55. The third-order valence-corrected chi connectivity index (χ3v) is 5.55. The Hall–Kier alpha value is -2.70. The van der Waals surface area contributed by atoms with Gasteiger partial charge in [-0.05, 0) is 60.2 Å². The summed E-state index contributed by atoms with van der Waals surface area (Å²) in [5, 5.41) is 5.17. The van der Waals surface area contributed by atoms with Crippen LogP contribution >= 0.6 is 0 Å². The van der Waals surface area contributed by atoms with Crippen LogP contribution in [0.15, 0.2) is 36.4 Å². The number of fused-ring (bicyclic) bond motifs is 2. The number of anilines is 1. The van der Waals surface area contributed by atoms with Crippen LogP contribution in [-0.4, -0.2) is 43.9 Å². The van der Waals surface area contributed by atoms with Crippen molar-refractivity contribution in [1.29, 1.82) is 0 Å². The maximum absolute atomic E-state index is 12.5. The Balaban J connectivity index is 1.73. The van der Waals surface area contributed by atoms with E-state index in [9.17, 15) is 9.59 Å². The second-order valence-corrected chi connectivity index (χ2v) is 7.55. The molecular formula is C23H25NO5. The standard InChI is InChI=1S/C23H25NO5/c1-3-28-22(26)13-24-21-6-4-5-15-10-18-16(11-19(15)21)9-17(25)12-20(18)23(2)7-8-27-14-29-23/h4-6,10-12,24H,3,7-9,13-14H2,1-2H3. The smallest absolute Gasteiger partial charge is 0.325 e. The number of esters is 1. The number of ether oxygens (including phenoxy) is 3. The minimum atomic E-state index is -0.545. The van der Waals surface area contributed by atoms with Gasteiger partial charge >= 0.3 is 5.97 Å². The summed E-state index contributed by atoms with van der Waals surface area (Å²) in [4.78, 5) is 24.2. The molecule has 6 heteroatoms. The molecule has 0 amide bonds. The average Bonchev–Trinajstić information content (AvgIpc) is 2.71. The van der Waals surface area contributed by atoms with Gasteiger partial charge < -0.3 is 19.5 Å². The summed E-state index contributed by atoms with van der Waals surface area (Å²) in [6, 6.07) is 10.1. The molecule has 0 spiro atoms. The zero-order valence-corrected chi connectivity index (χ0v) is 16.7. The van der Waals surface area contributed by atoms with Crippen LogP contribution in [-0.2, 0) is 30.2 Å². The van der Waals surface area contributed by atoms with E-state index in [4.69, 9.17) is 14.2 Å². The van der Waals surface area contributed by atoms with Crippen LogP contribution in [0.1, 0.15) is 31.4 Å². The Labute approximate surface area is 169 Å². The maximum atomic E-state index is 12.5. The van der Waals surface area contributed by atoms with Gasteiger partial charge in [-0.15, -0.1) is 0 Å². The Morgan fingerprint density at radius 1 is 1.31 bits per heavy atom. The zero-order chi connectivity index (χ0) is 20.4. The van der Waals surface area contributed by atoms with Crippen LogP contribution < -0.4 is 5.32 Å². The van der Waals surface area contributed by atoms with E-state index in [0.717, 1.165) is 33.2 Å². The maximum Gasteiger partial charge on any atom is 0.325 e. The molecule has 6 nitrogen and oxygen atoms in total. The summed E-state index contributed by atoms with van der Waals surface area (Å²) in [6.45, 7) is 5.09. The van der Waals surface area contributed by atoms with Crippen LogP contribution in [0.25, 0.3) is 16.3 Å². The molecule has 4 rings (SSSR count). The van der Waals surface area contributed by atoms with Crippen LogP contribution in [0.4, 0.5) is 5.69 Å². The van der Waals surface area contributed by atoms with Gasteiger partial charge in [0.05, 0.1) is 18.8 Å². The molecule has 1 atom stereocenters. The van der Waals surface area contributed by atoms with E-state index in [1.165, 1.54) is 0 Å². The van der Waals surface area contributed by atoms with E-state index >= 15 is 0 Å². The predicted molar refractivity (Wildman–Crippen MR) is 111 cm³/mol. The number of nitrogens with one attached hydrogen (secondary N) is 1. The van der Waals surface area contributed by atoms with Crippen LogP contribution in [0.3, 0.4) is 0 Å². The molecule has 29 heavy (non-hydrogen) atoms. The van der Waals surface area contributed by atoms with Crippen molar-refractivity contribution in [2.75, 3.05) is 31.9 Å². The van der Waals surface area contributed by atoms with Crippen LogP contribution in [0.2, 0.25) is 0 Å². The first-order valence-corrected chi connectivity index (χ1v) is 9.92. The lowest BCUT2D eigenvalue weighted by Gasteiger charge is -2.38. The number of ketones is 1. The summed E-state index contributed by atoms with van der Waals surface area (Å²) in [6.07, 6.45) is 2.78. The van der Waals surface area contributed by atoms with Gasteiger partial charge in [-0.25, -0.2) is 0 Å². The van der Waals surface area contributed by atoms with E-state index in [0.29, 0.717) is 26.1 Å². The summed E-state index contributed by atoms with van der Waals surface area (Å²) in [5.74, 6) is -0.229. The lowest BCUT2D eigenvalue weighted by atomic mass is 9.78. The summed E-state index contributed by atoms with van der Waals surface area (Å²) in [5.41, 5.74) is 3.23. The predicted octanol–water partition coefficient (Wildman–Crippen LogP) is 3.48. The molecule has 2 aliphatic rings. The Morgan fingerprint density at radius 2 is 2.17 bits per heavy atom. The molecule has 1 N–H and O–H groups in total. The fourth-order valence-corrected chi connectivity index (χ4v) is 4.00. The van der Waals surface area contributed by atoms with Crippen LogP contribution in [0.5, 0.6) is 0 Å². The molecule has 152 valence electrons. The van der Waals surface area contributed by atoms with Gasteiger partial charge in [0.2, 0.25) is 0 Å². The van der Waals surface area contributed by atoms with Crippen molar-refractivity contribution in [2.45, 2.75) is 32.3 Å². The SMILES string of the molecule is CCOC(=O)CNc1cccc2cc3c(cc12)CC(=O)C=C3C1(C)CCOCO1. The lowest BCUT2D eigenvalue weighted by Crippen LogP contribution is -2.38. The first-order valence-electron chi connectivity index (χ1n) is 9.92. The Kier molecular flexibility index (Phi) is 5.39. The minimum absolute atomic E-state index is 0.0696. The number of rotatable bonds is 5. The van der Waals surface area contributed by atoms with Gasteiger partial charge in [0, 0.05) is 23.9 Å². The molecule has 0 bridgehead atoms. The average molecular weight is 395 g/mol. The monoisotopic (exact) mass is 395 g/mol.